The van der Waals surface area contributed by atoms with Gasteiger partial charge in [0.1, 0.15) is 0 Å². The van der Waals surface area contributed by atoms with Gasteiger partial charge in [0.2, 0.25) is 10.9 Å². The number of nitrogens with zero attached hydrogens (tertiary/aromatic N) is 2. The lowest BCUT2D eigenvalue weighted by Gasteiger charge is -2.23. The quantitative estimate of drug-likeness (QED) is 0.541. The maximum Gasteiger partial charge on any atom is 0.249 e. The van der Waals surface area contributed by atoms with E-state index in [-0.39, 0.29) is 10.9 Å². The molecule has 0 radical (unpaired) electrons. The summed E-state index contributed by atoms with van der Waals surface area (Å²) in [6.07, 6.45) is 2.17. The smallest absolute Gasteiger partial charge is 0.249 e. The Labute approximate surface area is 143 Å². The fraction of sp³-hybridized carbons (Fsp3) is 0.789. The molecule has 1 aromatic rings. The van der Waals surface area contributed by atoms with Crippen LogP contribution < -0.4 is 15.8 Å². The average molecular weight is 327 g/mol. The number of hydrogen-bond donors (Lipinski definition) is 0. The first kappa shape index (κ1) is 24.1. The summed E-state index contributed by atoms with van der Waals surface area (Å²) in [5, 5.41) is 0. The molecule has 4 nitrogen and oxygen atoms in total. The van der Waals surface area contributed by atoms with Crippen molar-refractivity contribution in [3.63, 3.8) is 0 Å². The molecule has 0 amide bonds. The molecule has 0 N–H and O–H groups in total. The molecule has 1 aromatic carbocycles. The fourth-order valence-corrected chi connectivity index (χ4v) is 1.83. The van der Waals surface area contributed by atoms with Crippen LogP contribution in [0.25, 0.3) is 0 Å². The van der Waals surface area contributed by atoms with E-state index in [4.69, 9.17) is 0 Å². The van der Waals surface area contributed by atoms with E-state index >= 15 is 0 Å². The van der Waals surface area contributed by atoms with Gasteiger partial charge in [0, 0.05) is 19.2 Å². The first-order chi connectivity index (χ1) is 10.8. The van der Waals surface area contributed by atoms with Gasteiger partial charge in [-0.3, -0.25) is 9.59 Å². The molecular weight excluding hydrogens is 288 g/mol. The maximum atomic E-state index is 11.3. The van der Waals surface area contributed by atoms with Gasteiger partial charge in [0.15, 0.2) is 0 Å². The van der Waals surface area contributed by atoms with Crippen LogP contribution in [0.2, 0.25) is 0 Å². The molecular formula is C19H38N2O2. The Bertz CT molecular complexity index is 445. The van der Waals surface area contributed by atoms with E-state index in [1.165, 1.54) is 6.07 Å². The van der Waals surface area contributed by atoms with Crippen molar-refractivity contribution in [3.05, 3.63) is 26.5 Å². The van der Waals surface area contributed by atoms with Crippen molar-refractivity contribution in [3.8, 4) is 0 Å². The molecule has 0 spiro atoms. The third kappa shape index (κ3) is 11.1. The molecule has 0 aromatic heterocycles. The first-order valence-electron chi connectivity index (χ1n) is 9.07. The van der Waals surface area contributed by atoms with E-state index in [1.54, 1.807) is 0 Å². The van der Waals surface area contributed by atoms with Gasteiger partial charge in [0.05, 0.1) is 5.69 Å². The Morgan fingerprint density at radius 3 is 1.78 bits per heavy atom. The molecule has 0 atom stereocenters. The fourth-order valence-electron chi connectivity index (χ4n) is 1.83. The van der Waals surface area contributed by atoms with Crippen LogP contribution >= 0.6 is 0 Å². The molecule has 1 rings (SSSR count). The second kappa shape index (κ2) is 14.4. The Balaban J connectivity index is 0. The predicted octanol–water partition coefficient (Wildman–Crippen LogP) is 3.53. The minimum absolute atomic E-state index is 0.322. The van der Waals surface area contributed by atoms with Crippen LogP contribution in [0.4, 0.5) is 5.69 Å². The number of anilines is 1. The lowest BCUT2D eigenvalue weighted by atomic mass is 10.2. The summed E-state index contributed by atoms with van der Waals surface area (Å²) in [5.41, 5.74) is -0.0805. The van der Waals surface area contributed by atoms with Crippen molar-refractivity contribution in [1.82, 2.24) is 4.90 Å². The van der Waals surface area contributed by atoms with E-state index in [1.807, 2.05) is 25.7 Å². The molecule has 0 aliphatic heterocycles. The predicted molar refractivity (Wildman–Crippen MR) is 104 cm³/mol. The van der Waals surface area contributed by atoms with Crippen LogP contribution in [-0.2, 0) is 0 Å². The van der Waals surface area contributed by atoms with Gasteiger partial charge in [-0.1, -0.05) is 41.5 Å². The van der Waals surface area contributed by atoms with Crippen LogP contribution in [-0.4, -0.2) is 38.1 Å². The second-order valence-corrected chi connectivity index (χ2v) is 6.14. The molecule has 0 aliphatic rings. The van der Waals surface area contributed by atoms with E-state index in [9.17, 15) is 9.59 Å². The summed E-state index contributed by atoms with van der Waals surface area (Å²) < 4.78 is 0. The molecule has 0 saturated carbocycles. The number of hydrogen-bond acceptors (Lipinski definition) is 4. The monoisotopic (exact) mass is 326 g/mol. The lowest BCUT2D eigenvalue weighted by molar-refractivity contribution is 0.343. The summed E-state index contributed by atoms with van der Waals surface area (Å²) in [6.45, 7) is 18.4. The van der Waals surface area contributed by atoms with Gasteiger partial charge >= 0.3 is 0 Å². The van der Waals surface area contributed by atoms with Gasteiger partial charge in [-0.05, 0) is 45.8 Å². The molecule has 23 heavy (non-hydrogen) atoms. The summed E-state index contributed by atoms with van der Waals surface area (Å²) in [7, 11) is 2.11. The van der Waals surface area contributed by atoms with Crippen LogP contribution in [0.5, 0.6) is 0 Å². The number of rotatable bonds is 8. The SMILES string of the molecule is CC.CC(C)C.CCN(C)CCCCN(CC)c1cc(=O)c1=O. The van der Waals surface area contributed by atoms with Crippen LogP contribution in [0.1, 0.15) is 61.3 Å². The molecule has 0 fully saturated rings. The normalized spacial score (nSPS) is 10.2. The Morgan fingerprint density at radius 1 is 0.957 bits per heavy atom. The van der Waals surface area contributed by atoms with E-state index in [2.05, 4.69) is 39.6 Å². The third-order valence-corrected chi connectivity index (χ3v) is 3.20. The molecule has 0 unspecified atom stereocenters. The van der Waals surface area contributed by atoms with Gasteiger partial charge in [-0.2, -0.15) is 0 Å². The highest BCUT2D eigenvalue weighted by atomic mass is 16.2. The zero-order valence-corrected chi connectivity index (χ0v) is 16.6. The van der Waals surface area contributed by atoms with Crippen molar-refractivity contribution >= 4 is 5.69 Å². The number of unbranched alkanes of at least 4 members (excludes halogenated alkanes) is 1. The zero-order chi connectivity index (χ0) is 18.4. The van der Waals surface area contributed by atoms with E-state index < -0.39 is 0 Å². The Kier molecular flexibility index (Phi) is 15.1. The zero-order valence-electron chi connectivity index (χ0n) is 16.6. The van der Waals surface area contributed by atoms with Crippen molar-refractivity contribution in [2.75, 3.05) is 38.1 Å². The highest BCUT2D eigenvalue weighted by Gasteiger charge is 2.15. The highest BCUT2D eigenvalue weighted by Crippen LogP contribution is 2.07. The first-order valence-corrected chi connectivity index (χ1v) is 9.07. The summed E-state index contributed by atoms with van der Waals surface area (Å²) >= 11 is 0. The van der Waals surface area contributed by atoms with Crippen molar-refractivity contribution in [1.29, 1.82) is 0 Å². The van der Waals surface area contributed by atoms with Gasteiger partial charge in [-0.15, -0.1) is 0 Å². The summed E-state index contributed by atoms with van der Waals surface area (Å²) in [5.74, 6) is 0.833. The van der Waals surface area contributed by atoms with Crippen LogP contribution in [0.3, 0.4) is 0 Å². The Morgan fingerprint density at radius 2 is 1.43 bits per heavy atom. The third-order valence-electron chi connectivity index (χ3n) is 3.20. The molecule has 0 bridgehead atoms. The lowest BCUT2D eigenvalue weighted by Crippen LogP contribution is -2.39. The standard InChI is InChI=1S/C13H22N2O2.C4H10.C2H6/c1-4-14(3)8-6-7-9-15(5-2)11-10-12(16)13(11)17;1-4(2)3;1-2/h10H,4-9H2,1-3H3;4H,1-3H3;1-2H3. The summed E-state index contributed by atoms with van der Waals surface area (Å²) in [4.78, 5) is 26.4. The Hall–Kier alpha value is -1.16. The van der Waals surface area contributed by atoms with Gasteiger partial charge < -0.3 is 9.80 Å². The maximum absolute atomic E-state index is 11.3. The average Bonchev–Trinajstić information content (AvgIpc) is 2.54. The van der Waals surface area contributed by atoms with E-state index in [0.717, 1.165) is 44.9 Å². The van der Waals surface area contributed by atoms with Crippen LogP contribution in [0.15, 0.2) is 15.7 Å². The molecule has 136 valence electrons. The van der Waals surface area contributed by atoms with E-state index in [0.29, 0.717) is 5.69 Å². The van der Waals surface area contributed by atoms with Crippen molar-refractivity contribution < 1.29 is 0 Å². The molecule has 0 saturated heterocycles. The largest absolute Gasteiger partial charge is 0.368 e. The van der Waals surface area contributed by atoms with Gasteiger partial charge in [0.25, 0.3) is 0 Å². The minimum atomic E-state index is -0.357. The van der Waals surface area contributed by atoms with Crippen molar-refractivity contribution in [2.24, 2.45) is 5.92 Å². The second-order valence-electron chi connectivity index (χ2n) is 6.14. The summed E-state index contributed by atoms with van der Waals surface area (Å²) in [6, 6.07) is 1.45. The molecule has 0 aliphatic carbocycles. The minimum Gasteiger partial charge on any atom is -0.368 e. The van der Waals surface area contributed by atoms with Gasteiger partial charge in [-0.25, -0.2) is 0 Å². The molecule has 4 heteroatoms. The van der Waals surface area contributed by atoms with Crippen LogP contribution in [0, 0.1) is 5.92 Å². The highest BCUT2D eigenvalue weighted by molar-refractivity contribution is 5.49. The van der Waals surface area contributed by atoms with Crippen molar-refractivity contribution in [2.45, 2.75) is 61.3 Å². The molecule has 0 heterocycles. The topological polar surface area (TPSA) is 40.6 Å².